The molecule has 2 rings (SSSR count). The summed E-state index contributed by atoms with van der Waals surface area (Å²) < 4.78 is 28.8. The van der Waals surface area contributed by atoms with E-state index in [1.54, 1.807) is 25.1 Å². The Balaban J connectivity index is 2.34. The lowest BCUT2D eigenvalue weighted by molar-refractivity contribution is -0.0410. The molecule has 0 fully saturated rings. The molecule has 1 aliphatic rings. The molecule has 0 bridgehead atoms. The number of carbonyl (C=O) groups is 1. The zero-order valence-electron chi connectivity index (χ0n) is 11.4. The van der Waals surface area contributed by atoms with Crippen LogP contribution in [0.1, 0.15) is 23.1 Å². The third-order valence-corrected chi connectivity index (χ3v) is 3.16. The molecule has 0 radical (unpaired) electrons. The van der Waals surface area contributed by atoms with Gasteiger partial charge in [0.15, 0.2) is 5.69 Å². The molecule has 1 amide bonds. The minimum atomic E-state index is -2.83. The number of amides is 1. The monoisotopic (exact) mass is 272 g/mol. The molecule has 0 unspecified atom stereocenters. The summed E-state index contributed by atoms with van der Waals surface area (Å²) in [4.78, 5) is 14.9. The highest BCUT2D eigenvalue weighted by Crippen LogP contribution is 2.24. The van der Waals surface area contributed by atoms with Crippen LogP contribution in [0.2, 0.25) is 0 Å². The maximum Gasteiger partial charge on any atom is 0.279 e. The number of carbonyl (C=O) groups excluding carboxylic acids is 1. The normalized spacial score (nSPS) is 18.8. The molecule has 19 heavy (non-hydrogen) atoms. The van der Waals surface area contributed by atoms with Crippen molar-refractivity contribution in [1.82, 2.24) is 19.6 Å². The van der Waals surface area contributed by atoms with Crippen LogP contribution >= 0.6 is 0 Å². The molecular weight excluding hydrogens is 254 g/mol. The highest BCUT2D eigenvalue weighted by Gasteiger charge is 2.36. The zero-order chi connectivity index (χ0) is 14.2. The summed E-state index contributed by atoms with van der Waals surface area (Å²) in [5.41, 5.74) is 0.873. The Labute approximate surface area is 110 Å². The molecule has 1 aromatic heterocycles. The largest absolute Gasteiger partial charge is 0.343 e. The molecule has 2 heterocycles. The first-order valence-electron chi connectivity index (χ1n) is 6.21. The smallest absolute Gasteiger partial charge is 0.279 e. The van der Waals surface area contributed by atoms with Gasteiger partial charge in [-0.3, -0.25) is 14.4 Å². The van der Waals surface area contributed by atoms with Gasteiger partial charge < -0.3 is 4.90 Å². The van der Waals surface area contributed by atoms with Gasteiger partial charge in [-0.05, 0) is 12.6 Å². The van der Waals surface area contributed by atoms with E-state index >= 15 is 0 Å². The number of aromatic nitrogens is 2. The molecule has 0 N–H and O–H groups in total. The maximum absolute atomic E-state index is 13.8. The minimum absolute atomic E-state index is 0.216. The van der Waals surface area contributed by atoms with Crippen molar-refractivity contribution in [2.24, 2.45) is 0 Å². The van der Waals surface area contributed by atoms with E-state index in [9.17, 15) is 13.6 Å². The fourth-order valence-electron chi connectivity index (χ4n) is 2.16. The van der Waals surface area contributed by atoms with E-state index < -0.39 is 12.5 Å². The second kappa shape index (κ2) is 4.88. The highest BCUT2D eigenvalue weighted by atomic mass is 19.3. The number of nitrogens with zero attached hydrogens (tertiary/aromatic N) is 4. The Kier molecular flexibility index (Phi) is 3.58. The van der Waals surface area contributed by atoms with Gasteiger partial charge in [0.2, 0.25) is 0 Å². The number of halogens is 2. The Morgan fingerprint density at radius 2 is 2.16 bits per heavy atom. The summed E-state index contributed by atoms with van der Waals surface area (Å²) in [6, 6.07) is 1.60. The molecule has 0 spiro atoms. The van der Waals surface area contributed by atoms with Gasteiger partial charge in [-0.2, -0.15) is 5.10 Å². The minimum Gasteiger partial charge on any atom is -0.343 e. The molecule has 106 valence electrons. The predicted molar refractivity (Wildman–Crippen MR) is 66.1 cm³/mol. The number of hydrogen-bond donors (Lipinski definition) is 0. The van der Waals surface area contributed by atoms with E-state index in [1.165, 1.54) is 9.58 Å². The molecule has 5 nitrogen and oxygen atoms in total. The van der Waals surface area contributed by atoms with Crippen molar-refractivity contribution in [2.75, 3.05) is 27.2 Å². The van der Waals surface area contributed by atoms with E-state index in [-0.39, 0.29) is 18.1 Å². The van der Waals surface area contributed by atoms with Gasteiger partial charge in [-0.25, -0.2) is 8.78 Å². The van der Waals surface area contributed by atoms with Crippen molar-refractivity contribution in [3.8, 4) is 0 Å². The SMILES string of the molecule is CCN1Cc2cc(C(=O)N(C)C)nn2CC(F)(F)C1. The molecule has 0 aliphatic carbocycles. The predicted octanol–water partition coefficient (Wildman–Crippen LogP) is 1.06. The summed E-state index contributed by atoms with van der Waals surface area (Å²) in [5.74, 6) is -3.10. The van der Waals surface area contributed by atoms with E-state index in [4.69, 9.17) is 0 Å². The Morgan fingerprint density at radius 1 is 1.47 bits per heavy atom. The quantitative estimate of drug-likeness (QED) is 0.808. The summed E-state index contributed by atoms with van der Waals surface area (Å²) in [5, 5.41) is 4.02. The van der Waals surface area contributed by atoms with Crippen molar-refractivity contribution in [2.45, 2.75) is 25.9 Å². The first-order chi connectivity index (χ1) is 8.82. The van der Waals surface area contributed by atoms with Gasteiger partial charge in [-0.1, -0.05) is 6.92 Å². The molecule has 0 saturated heterocycles. The number of hydrogen-bond acceptors (Lipinski definition) is 3. The maximum atomic E-state index is 13.8. The van der Waals surface area contributed by atoms with E-state index in [2.05, 4.69) is 5.10 Å². The molecular formula is C12H18F2N4O. The van der Waals surface area contributed by atoms with Crippen LogP contribution in [0.4, 0.5) is 8.78 Å². The molecule has 7 heteroatoms. The van der Waals surface area contributed by atoms with E-state index in [1.807, 2.05) is 6.92 Å². The van der Waals surface area contributed by atoms with Crippen molar-refractivity contribution in [3.05, 3.63) is 17.5 Å². The summed E-state index contributed by atoms with van der Waals surface area (Å²) in [7, 11) is 3.22. The third-order valence-electron chi connectivity index (χ3n) is 3.16. The van der Waals surface area contributed by atoms with Crippen molar-refractivity contribution in [1.29, 1.82) is 0 Å². The van der Waals surface area contributed by atoms with Crippen LogP contribution in [0.3, 0.4) is 0 Å². The third kappa shape index (κ3) is 2.91. The summed E-state index contributed by atoms with van der Waals surface area (Å²) in [6.45, 7) is 2.02. The van der Waals surface area contributed by atoms with Gasteiger partial charge in [-0.15, -0.1) is 0 Å². The number of rotatable bonds is 2. The number of fused-ring (bicyclic) bond motifs is 1. The first-order valence-corrected chi connectivity index (χ1v) is 6.21. The highest BCUT2D eigenvalue weighted by molar-refractivity contribution is 5.92. The fraction of sp³-hybridized carbons (Fsp3) is 0.667. The van der Waals surface area contributed by atoms with Crippen LogP contribution in [0.5, 0.6) is 0 Å². The summed E-state index contributed by atoms with van der Waals surface area (Å²) >= 11 is 0. The van der Waals surface area contributed by atoms with Crippen molar-refractivity contribution in [3.63, 3.8) is 0 Å². The second-order valence-corrected chi connectivity index (χ2v) is 5.04. The average molecular weight is 272 g/mol. The first kappa shape index (κ1) is 13.9. The Morgan fingerprint density at radius 3 is 2.74 bits per heavy atom. The van der Waals surface area contributed by atoms with Gasteiger partial charge in [0, 0.05) is 20.6 Å². The van der Waals surface area contributed by atoms with Crippen molar-refractivity contribution >= 4 is 5.91 Å². The molecule has 0 saturated carbocycles. The van der Waals surface area contributed by atoms with E-state index in [0.717, 1.165) is 0 Å². The van der Waals surface area contributed by atoms with Crippen LogP contribution < -0.4 is 0 Å². The Hall–Kier alpha value is -1.50. The lowest BCUT2D eigenvalue weighted by Crippen LogP contribution is -2.36. The van der Waals surface area contributed by atoms with Crippen molar-refractivity contribution < 1.29 is 13.6 Å². The van der Waals surface area contributed by atoms with Crippen LogP contribution in [-0.4, -0.2) is 58.6 Å². The fourth-order valence-corrected chi connectivity index (χ4v) is 2.16. The van der Waals surface area contributed by atoms with Gasteiger partial charge >= 0.3 is 0 Å². The summed E-state index contributed by atoms with van der Waals surface area (Å²) in [6.07, 6.45) is 0. The zero-order valence-corrected chi connectivity index (χ0v) is 11.4. The molecule has 0 atom stereocenters. The molecule has 1 aromatic rings. The molecule has 0 aromatic carbocycles. The average Bonchev–Trinajstić information content (AvgIpc) is 2.63. The molecule has 1 aliphatic heterocycles. The standard InChI is InChI=1S/C12H18F2N4O/c1-4-17-6-9-5-10(11(19)16(2)3)15-18(9)8-12(13,14)7-17/h5H,4,6-8H2,1-3H3. The topological polar surface area (TPSA) is 41.4 Å². The van der Waals surface area contributed by atoms with Gasteiger partial charge in [0.1, 0.15) is 6.54 Å². The van der Waals surface area contributed by atoms with Gasteiger partial charge in [0.25, 0.3) is 11.8 Å². The van der Waals surface area contributed by atoms with Crippen LogP contribution in [-0.2, 0) is 13.1 Å². The Bertz CT molecular complexity index is 484. The lowest BCUT2D eigenvalue weighted by Gasteiger charge is -2.21. The van der Waals surface area contributed by atoms with Crippen LogP contribution in [0.25, 0.3) is 0 Å². The second-order valence-electron chi connectivity index (χ2n) is 5.04. The number of alkyl halides is 2. The van der Waals surface area contributed by atoms with E-state index in [0.29, 0.717) is 18.8 Å². The van der Waals surface area contributed by atoms with Crippen LogP contribution in [0, 0.1) is 0 Å². The van der Waals surface area contributed by atoms with Gasteiger partial charge in [0.05, 0.1) is 12.2 Å². The lowest BCUT2D eigenvalue weighted by atomic mass is 10.3. The van der Waals surface area contributed by atoms with Crippen LogP contribution in [0.15, 0.2) is 6.07 Å².